The van der Waals surface area contributed by atoms with E-state index in [1.54, 1.807) is 24.3 Å². The molecular formula is C24H26ClNO4. The molecule has 1 saturated heterocycles. The number of aliphatic hydroxyl groups excluding tert-OH is 1. The summed E-state index contributed by atoms with van der Waals surface area (Å²) in [5.74, 6) is -1.53. The molecule has 0 saturated carbocycles. The minimum absolute atomic E-state index is 0.0812. The summed E-state index contributed by atoms with van der Waals surface area (Å²) in [6, 6.07) is 13.6. The number of carbonyl (C=O) groups excluding carboxylic acids is 2. The Balaban J connectivity index is 2.04. The zero-order valence-electron chi connectivity index (χ0n) is 17.4. The van der Waals surface area contributed by atoms with Gasteiger partial charge < -0.3 is 14.7 Å². The van der Waals surface area contributed by atoms with Gasteiger partial charge in [-0.1, -0.05) is 53.6 Å². The number of halogens is 1. The third-order valence-corrected chi connectivity index (χ3v) is 5.23. The van der Waals surface area contributed by atoms with Gasteiger partial charge >= 0.3 is 0 Å². The maximum Gasteiger partial charge on any atom is 0.295 e. The van der Waals surface area contributed by atoms with E-state index in [1.165, 1.54) is 4.90 Å². The second kappa shape index (κ2) is 9.45. The lowest BCUT2D eigenvalue weighted by molar-refractivity contribution is -0.140. The average molecular weight is 428 g/mol. The van der Waals surface area contributed by atoms with Gasteiger partial charge in [0.2, 0.25) is 0 Å². The predicted octanol–water partition coefficient (Wildman–Crippen LogP) is 4.89. The van der Waals surface area contributed by atoms with Crippen LogP contribution in [0.4, 0.5) is 0 Å². The highest BCUT2D eigenvalue weighted by molar-refractivity contribution is 6.46. The molecule has 2 aromatic rings. The van der Waals surface area contributed by atoms with Gasteiger partial charge in [0.1, 0.15) is 5.76 Å². The largest absolute Gasteiger partial charge is 0.507 e. The number of likely N-dealkylation sites (tertiary alicyclic amines) is 1. The normalized spacial score (nSPS) is 18.4. The molecule has 1 unspecified atom stereocenters. The highest BCUT2D eigenvalue weighted by Crippen LogP contribution is 2.39. The fraction of sp³-hybridized carbons (Fsp3) is 0.333. The highest BCUT2D eigenvalue weighted by Gasteiger charge is 2.45. The van der Waals surface area contributed by atoms with E-state index < -0.39 is 17.7 Å². The van der Waals surface area contributed by atoms with Crippen LogP contribution < -0.4 is 0 Å². The van der Waals surface area contributed by atoms with E-state index in [0.29, 0.717) is 30.2 Å². The molecule has 6 heteroatoms. The smallest absolute Gasteiger partial charge is 0.295 e. The van der Waals surface area contributed by atoms with Gasteiger partial charge in [-0.05, 0) is 44.9 Å². The summed E-state index contributed by atoms with van der Waals surface area (Å²) in [6.45, 7) is 6.68. The van der Waals surface area contributed by atoms with Gasteiger partial charge in [-0.3, -0.25) is 9.59 Å². The molecule has 1 aliphatic rings. The Morgan fingerprint density at radius 1 is 1.17 bits per heavy atom. The highest BCUT2D eigenvalue weighted by atomic mass is 35.5. The van der Waals surface area contributed by atoms with E-state index in [4.69, 9.17) is 16.3 Å². The summed E-state index contributed by atoms with van der Waals surface area (Å²) < 4.78 is 5.58. The average Bonchev–Trinajstić information content (AvgIpc) is 2.95. The number of rotatable bonds is 7. The first-order chi connectivity index (χ1) is 14.3. The molecule has 0 bridgehead atoms. The van der Waals surface area contributed by atoms with Crippen LogP contribution in [0.2, 0.25) is 5.02 Å². The first-order valence-corrected chi connectivity index (χ1v) is 10.4. The van der Waals surface area contributed by atoms with Crippen LogP contribution in [0.15, 0.2) is 54.1 Å². The van der Waals surface area contributed by atoms with Crippen LogP contribution in [0.5, 0.6) is 0 Å². The lowest BCUT2D eigenvalue weighted by atomic mass is 9.94. The molecule has 1 aliphatic heterocycles. The Morgan fingerprint density at radius 3 is 2.57 bits per heavy atom. The van der Waals surface area contributed by atoms with Crippen LogP contribution >= 0.6 is 11.6 Å². The Morgan fingerprint density at radius 2 is 1.90 bits per heavy atom. The fourth-order valence-electron chi connectivity index (χ4n) is 3.64. The van der Waals surface area contributed by atoms with Crippen LogP contribution in [-0.4, -0.2) is 41.0 Å². The zero-order chi connectivity index (χ0) is 21.8. The maximum absolute atomic E-state index is 13.0. The number of hydrogen-bond donors (Lipinski definition) is 1. The molecule has 1 amide bonds. The van der Waals surface area contributed by atoms with Crippen molar-refractivity contribution in [1.82, 2.24) is 4.90 Å². The number of aryl methyl sites for hydroxylation is 1. The summed E-state index contributed by atoms with van der Waals surface area (Å²) in [4.78, 5) is 27.4. The summed E-state index contributed by atoms with van der Waals surface area (Å²) in [5.41, 5.74) is 2.27. The summed E-state index contributed by atoms with van der Waals surface area (Å²) in [6.07, 6.45) is 0.681. The quantitative estimate of drug-likeness (QED) is 0.296. The molecule has 2 aromatic carbocycles. The van der Waals surface area contributed by atoms with Crippen LogP contribution in [0.25, 0.3) is 5.76 Å². The third-order valence-electron chi connectivity index (χ3n) is 4.99. The Labute approximate surface area is 181 Å². The molecule has 158 valence electrons. The van der Waals surface area contributed by atoms with Gasteiger partial charge in [0.15, 0.2) is 0 Å². The number of amides is 1. The number of ether oxygens (including phenoxy) is 1. The van der Waals surface area contributed by atoms with E-state index in [1.807, 2.05) is 45.0 Å². The van der Waals surface area contributed by atoms with Crippen molar-refractivity contribution in [3.63, 3.8) is 0 Å². The van der Waals surface area contributed by atoms with Crippen molar-refractivity contribution in [2.75, 3.05) is 13.2 Å². The fourth-order valence-corrected chi connectivity index (χ4v) is 3.83. The van der Waals surface area contributed by atoms with Crippen LogP contribution in [-0.2, 0) is 14.3 Å². The Bertz CT molecular complexity index is 983. The molecule has 3 rings (SSSR count). The van der Waals surface area contributed by atoms with Crippen molar-refractivity contribution in [2.24, 2.45) is 0 Å². The standard InChI is InChI=1S/C24H26ClNO4/c1-15(2)30-12-6-11-26-21(17-8-4-7-16(3)13-17)20(23(28)24(26)29)22(27)18-9-5-10-19(25)14-18/h4-5,7-10,13-15,21,27H,6,11-12H2,1-3H3/b22-20-. The number of Topliss-reactive ketones (excluding diaryl/α,β-unsaturated/α-hetero) is 1. The van der Waals surface area contributed by atoms with Crippen molar-refractivity contribution >= 4 is 29.1 Å². The van der Waals surface area contributed by atoms with Gasteiger partial charge in [-0.15, -0.1) is 0 Å². The minimum atomic E-state index is -0.691. The summed E-state index contributed by atoms with van der Waals surface area (Å²) in [7, 11) is 0. The van der Waals surface area contributed by atoms with Crippen molar-refractivity contribution in [1.29, 1.82) is 0 Å². The van der Waals surface area contributed by atoms with Gasteiger partial charge in [0, 0.05) is 23.7 Å². The SMILES string of the molecule is Cc1cccc(C2/C(=C(/O)c3cccc(Cl)c3)C(=O)C(=O)N2CCCOC(C)C)c1. The molecule has 1 atom stereocenters. The first-order valence-electron chi connectivity index (χ1n) is 10.0. The number of ketones is 1. The Kier molecular flexibility index (Phi) is 6.95. The van der Waals surface area contributed by atoms with Crippen molar-refractivity contribution in [3.8, 4) is 0 Å². The molecule has 1 fully saturated rings. The topological polar surface area (TPSA) is 66.8 Å². The lowest BCUT2D eigenvalue weighted by Gasteiger charge is -2.25. The van der Waals surface area contributed by atoms with Crippen LogP contribution in [0, 0.1) is 6.92 Å². The minimum Gasteiger partial charge on any atom is -0.507 e. The van der Waals surface area contributed by atoms with Crippen LogP contribution in [0.1, 0.15) is 43.0 Å². The van der Waals surface area contributed by atoms with Crippen molar-refractivity contribution in [3.05, 3.63) is 75.8 Å². The van der Waals surface area contributed by atoms with E-state index in [0.717, 1.165) is 11.1 Å². The molecule has 1 heterocycles. The van der Waals surface area contributed by atoms with Gasteiger partial charge in [-0.2, -0.15) is 0 Å². The zero-order valence-corrected chi connectivity index (χ0v) is 18.1. The van der Waals surface area contributed by atoms with E-state index >= 15 is 0 Å². The summed E-state index contributed by atoms with van der Waals surface area (Å²) in [5, 5.41) is 11.4. The van der Waals surface area contributed by atoms with Crippen LogP contribution in [0.3, 0.4) is 0 Å². The van der Waals surface area contributed by atoms with Crippen molar-refractivity contribution < 1.29 is 19.4 Å². The molecule has 1 N–H and O–H groups in total. The second-order valence-electron chi connectivity index (χ2n) is 7.69. The van der Waals surface area contributed by atoms with E-state index in [-0.39, 0.29) is 17.4 Å². The third kappa shape index (κ3) is 4.74. The van der Waals surface area contributed by atoms with Gasteiger partial charge in [0.25, 0.3) is 11.7 Å². The molecule has 5 nitrogen and oxygen atoms in total. The second-order valence-corrected chi connectivity index (χ2v) is 8.13. The van der Waals surface area contributed by atoms with Gasteiger partial charge in [-0.25, -0.2) is 0 Å². The number of carbonyl (C=O) groups is 2. The summed E-state index contributed by atoms with van der Waals surface area (Å²) >= 11 is 6.06. The lowest BCUT2D eigenvalue weighted by Crippen LogP contribution is -2.31. The predicted molar refractivity (Wildman–Crippen MR) is 117 cm³/mol. The molecule has 0 radical (unpaired) electrons. The molecule has 0 aliphatic carbocycles. The van der Waals surface area contributed by atoms with E-state index in [2.05, 4.69) is 0 Å². The number of nitrogens with zero attached hydrogens (tertiary/aromatic N) is 1. The number of benzene rings is 2. The number of hydrogen-bond acceptors (Lipinski definition) is 4. The Hall–Kier alpha value is -2.63. The van der Waals surface area contributed by atoms with Gasteiger partial charge in [0.05, 0.1) is 17.7 Å². The number of aliphatic hydroxyl groups is 1. The molecule has 0 spiro atoms. The maximum atomic E-state index is 13.0. The monoisotopic (exact) mass is 427 g/mol. The first kappa shape index (κ1) is 22.1. The molecular weight excluding hydrogens is 402 g/mol. The molecule has 0 aromatic heterocycles. The van der Waals surface area contributed by atoms with Crippen molar-refractivity contribution in [2.45, 2.75) is 39.3 Å². The molecule has 30 heavy (non-hydrogen) atoms. The van der Waals surface area contributed by atoms with E-state index in [9.17, 15) is 14.7 Å².